The van der Waals surface area contributed by atoms with Gasteiger partial charge < -0.3 is 0 Å². The highest BCUT2D eigenvalue weighted by Crippen LogP contribution is 2.33. The molecule has 0 aliphatic rings. The molecule has 1 aromatic heterocycles. The van der Waals surface area contributed by atoms with Crippen molar-refractivity contribution in [3.05, 3.63) is 163 Å². The lowest BCUT2D eigenvalue weighted by atomic mass is 9.98. The van der Waals surface area contributed by atoms with Crippen molar-refractivity contribution in [2.45, 2.75) is 27.2 Å². The Balaban J connectivity index is 1.47. The van der Waals surface area contributed by atoms with Crippen molar-refractivity contribution in [3.8, 4) is 45.0 Å². The van der Waals surface area contributed by atoms with Gasteiger partial charge >= 0.3 is 0 Å². The number of benzene rings is 5. The lowest BCUT2D eigenvalue weighted by Gasteiger charge is -2.12. The van der Waals surface area contributed by atoms with E-state index in [1.54, 1.807) is 0 Å². The normalized spacial score (nSPS) is 12.2. The minimum Gasteiger partial charge on any atom is -0.228 e. The molecule has 0 aliphatic carbocycles. The van der Waals surface area contributed by atoms with Crippen LogP contribution in [0.3, 0.4) is 0 Å². The van der Waals surface area contributed by atoms with E-state index in [9.17, 15) is 0 Å². The van der Waals surface area contributed by atoms with Crippen molar-refractivity contribution in [2.75, 3.05) is 0 Å². The zero-order valence-electron chi connectivity index (χ0n) is 25.5. The van der Waals surface area contributed by atoms with Crippen LogP contribution in [0.15, 0.2) is 157 Å². The summed E-state index contributed by atoms with van der Waals surface area (Å²) >= 11 is 0. The summed E-state index contributed by atoms with van der Waals surface area (Å²) in [7, 11) is 0. The van der Waals surface area contributed by atoms with Gasteiger partial charge in [0.2, 0.25) is 0 Å². The molecule has 0 aliphatic heterocycles. The van der Waals surface area contributed by atoms with Gasteiger partial charge in [0.15, 0.2) is 5.82 Å². The molecule has 0 N–H and O–H groups in total. The number of allylic oxidation sites excluding steroid dienone is 6. The van der Waals surface area contributed by atoms with Crippen LogP contribution in [0.25, 0.3) is 61.4 Å². The smallest absolute Gasteiger partial charge is 0.161 e. The third kappa shape index (κ3) is 6.35. The molecule has 2 heteroatoms. The average Bonchev–Trinajstić information content (AvgIpc) is 3.10. The third-order valence-corrected chi connectivity index (χ3v) is 8.06. The van der Waals surface area contributed by atoms with Crippen LogP contribution in [-0.2, 0) is 0 Å². The van der Waals surface area contributed by atoms with Crippen LogP contribution in [-0.4, -0.2) is 9.97 Å². The molecular formula is C42H36N2. The van der Waals surface area contributed by atoms with Crippen LogP contribution in [0.2, 0.25) is 0 Å². The van der Waals surface area contributed by atoms with E-state index in [0.717, 1.165) is 51.3 Å². The zero-order chi connectivity index (χ0) is 30.3. The van der Waals surface area contributed by atoms with E-state index in [1.807, 2.05) is 6.07 Å². The van der Waals surface area contributed by atoms with Crippen molar-refractivity contribution in [2.24, 2.45) is 0 Å². The Morgan fingerprint density at radius 2 is 1.27 bits per heavy atom. The predicted molar refractivity (Wildman–Crippen MR) is 188 cm³/mol. The van der Waals surface area contributed by atoms with Gasteiger partial charge in [-0.05, 0) is 65.4 Å². The number of rotatable bonds is 8. The molecule has 6 aromatic rings. The van der Waals surface area contributed by atoms with Crippen molar-refractivity contribution in [3.63, 3.8) is 0 Å². The first-order valence-corrected chi connectivity index (χ1v) is 15.3. The van der Waals surface area contributed by atoms with E-state index >= 15 is 0 Å². The summed E-state index contributed by atoms with van der Waals surface area (Å²) in [5, 5.41) is 2.31. The molecule has 0 radical (unpaired) electrons. The van der Waals surface area contributed by atoms with Crippen LogP contribution < -0.4 is 0 Å². The Bertz CT molecular complexity index is 1990. The molecule has 0 fully saturated rings. The molecule has 0 atom stereocenters. The molecule has 0 bridgehead atoms. The first-order chi connectivity index (χ1) is 21.6. The average molecular weight is 569 g/mol. The quantitative estimate of drug-likeness (QED) is 0.171. The molecule has 0 saturated heterocycles. The second-order valence-electron chi connectivity index (χ2n) is 11.0. The van der Waals surface area contributed by atoms with E-state index in [4.69, 9.17) is 9.97 Å². The summed E-state index contributed by atoms with van der Waals surface area (Å²) in [4.78, 5) is 10.3. The van der Waals surface area contributed by atoms with E-state index in [1.165, 1.54) is 27.7 Å². The molecule has 2 nitrogen and oxygen atoms in total. The summed E-state index contributed by atoms with van der Waals surface area (Å²) in [5.74, 6) is 0.721. The summed E-state index contributed by atoms with van der Waals surface area (Å²) in [6, 6.07) is 44.7. The lowest BCUT2D eigenvalue weighted by molar-refractivity contribution is 1.10. The molecule has 44 heavy (non-hydrogen) atoms. The van der Waals surface area contributed by atoms with Crippen molar-refractivity contribution >= 4 is 16.3 Å². The van der Waals surface area contributed by atoms with Crippen LogP contribution in [0, 0.1) is 0 Å². The fourth-order valence-electron chi connectivity index (χ4n) is 5.40. The van der Waals surface area contributed by atoms with Crippen molar-refractivity contribution in [1.82, 2.24) is 9.97 Å². The summed E-state index contributed by atoms with van der Waals surface area (Å²) in [5.41, 5.74) is 11.0. The number of hydrogen-bond acceptors (Lipinski definition) is 2. The maximum absolute atomic E-state index is 5.18. The van der Waals surface area contributed by atoms with E-state index < -0.39 is 0 Å². The molecule has 6 rings (SSSR count). The van der Waals surface area contributed by atoms with Gasteiger partial charge in [-0.3, -0.25) is 0 Å². The fourth-order valence-corrected chi connectivity index (χ4v) is 5.40. The third-order valence-electron chi connectivity index (χ3n) is 8.06. The maximum atomic E-state index is 5.18. The van der Waals surface area contributed by atoms with Crippen molar-refractivity contribution < 1.29 is 0 Å². The monoisotopic (exact) mass is 568 g/mol. The number of aromatic nitrogens is 2. The van der Waals surface area contributed by atoms with Gasteiger partial charge in [0, 0.05) is 16.7 Å². The second-order valence-corrected chi connectivity index (χ2v) is 11.0. The predicted octanol–water partition coefficient (Wildman–Crippen LogP) is 11.6. The minimum atomic E-state index is 0.721. The molecule has 1 heterocycles. The van der Waals surface area contributed by atoms with Crippen LogP contribution >= 0.6 is 0 Å². The van der Waals surface area contributed by atoms with E-state index in [2.05, 4.69) is 166 Å². The highest BCUT2D eigenvalue weighted by Gasteiger charge is 2.14. The molecule has 214 valence electrons. The first kappa shape index (κ1) is 28.8. The largest absolute Gasteiger partial charge is 0.228 e. The fraction of sp³-hybridized carbons (Fsp3) is 0.0952. The summed E-state index contributed by atoms with van der Waals surface area (Å²) in [6.45, 7) is 6.43. The van der Waals surface area contributed by atoms with Crippen molar-refractivity contribution in [1.29, 1.82) is 0 Å². The Labute approximate surface area is 260 Å². The highest BCUT2D eigenvalue weighted by molar-refractivity contribution is 5.95. The van der Waals surface area contributed by atoms with Crippen LogP contribution in [0.5, 0.6) is 0 Å². The second kappa shape index (κ2) is 13.3. The Hall–Kier alpha value is -5.34. The summed E-state index contributed by atoms with van der Waals surface area (Å²) < 4.78 is 0. The van der Waals surface area contributed by atoms with Gasteiger partial charge in [0.1, 0.15) is 0 Å². The Kier molecular flexibility index (Phi) is 8.70. The van der Waals surface area contributed by atoms with Gasteiger partial charge in [-0.2, -0.15) is 0 Å². The highest BCUT2D eigenvalue weighted by atomic mass is 14.9. The van der Waals surface area contributed by atoms with Gasteiger partial charge in [-0.15, -0.1) is 0 Å². The van der Waals surface area contributed by atoms with Gasteiger partial charge in [-0.25, -0.2) is 9.97 Å². The molecule has 0 unspecified atom stereocenters. The Morgan fingerprint density at radius 3 is 2.05 bits per heavy atom. The van der Waals surface area contributed by atoms with Gasteiger partial charge in [0.05, 0.1) is 11.4 Å². The topological polar surface area (TPSA) is 25.8 Å². The van der Waals surface area contributed by atoms with Crippen LogP contribution in [0.4, 0.5) is 0 Å². The standard InChI is InChI=1S/C42H36N2/c1-4-30(3)14-11-18-31(5-2)36-20-12-21-37(28-36)41-29-40(35-26-24-33(25-27-35)32-15-7-6-8-16-32)43-42(44-41)39-23-13-19-34-17-9-10-22-38(34)39/h5-29H,4H2,1-3H3/b18-11-,30-14+,31-5+. The zero-order valence-corrected chi connectivity index (χ0v) is 25.5. The molecule has 0 amide bonds. The maximum Gasteiger partial charge on any atom is 0.161 e. The number of hydrogen-bond donors (Lipinski definition) is 0. The molecule has 5 aromatic carbocycles. The van der Waals surface area contributed by atoms with Gasteiger partial charge in [0.25, 0.3) is 0 Å². The van der Waals surface area contributed by atoms with Gasteiger partial charge in [-0.1, -0.05) is 152 Å². The van der Waals surface area contributed by atoms with E-state index in [0.29, 0.717) is 0 Å². The van der Waals surface area contributed by atoms with E-state index in [-0.39, 0.29) is 0 Å². The lowest BCUT2D eigenvalue weighted by Crippen LogP contribution is -1.97. The number of fused-ring (bicyclic) bond motifs is 1. The Morgan fingerprint density at radius 1 is 0.636 bits per heavy atom. The molecule has 0 spiro atoms. The molecule has 0 saturated carbocycles. The molecular weight excluding hydrogens is 532 g/mol. The minimum absolute atomic E-state index is 0.721. The van der Waals surface area contributed by atoms with Crippen LogP contribution in [0.1, 0.15) is 32.8 Å². The SMILES string of the molecule is C\C=C(/C=C\C=C(/C)CC)c1cccc(-c2cc(-c3ccc(-c4ccccc4)cc3)nc(-c3cccc4ccccc34)n2)c1. The number of nitrogens with zero attached hydrogens (tertiary/aromatic N) is 2. The first-order valence-electron chi connectivity index (χ1n) is 15.3. The summed E-state index contributed by atoms with van der Waals surface area (Å²) in [6.07, 6.45) is 9.71.